The zero-order valence-electron chi connectivity index (χ0n) is 11.0. The summed E-state index contributed by atoms with van der Waals surface area (Å²) in [7, 11) is 0. The van der Waals surface area contributed by atoms with E-state index in [1.165, 1.54) is 5.69 Å². The van der Waals surface area contributed by atoms with Crippen molar-refractivity contribution in [2.45, 2.75) is 0 Å². The van der Waals surface area contributed by atoms with E-state index in [1.807, 2.05) is 29.2 Å². The van der Waals surface area contributed by atoms with Crippen molar-refractivity contribution in [3.8, 4) is 0 Å². The Bertz CT molecular complexity index is 589. The summed E-state index contributed by atoms with van der Waals surface area (Å²) in [6.07, 6.45) is 0. The molecule has 1 aliphatic heterocycles. The molecule has 1 aromatic carbocycles. The zero-order valence-corrected chi connectivity index (χ0v) is 13.1. The lowest BCUT2D eigenvalue weighted by molar-refractivity contribution is 0.0713. The maximum Gasteiger partial charge on any atom is 0.289 e. The quantitative estimate of drug-likeness (QED) is 0.750. The van der Waals surface area contributed by atoms with Crippen LogP contribution in [0.3, 0.4) is 0 Å². The molecular formula is C15H15IN2O2. The van der Waals surface area contributed by atoms with Crippen LogP contribution in [0.25, 0.3) is 0 Å². The Morgan fingerprint density at radius 2 is 1.70 bits per heavy atom. The van der Waals surface area contributed by atoms with Crippen LogP contribution in [0.2, 0.25) is 0 Å². The Labute approximate surface area is 131 Å². The van der Waals surface area contributed by atoms with Crippen molar-refractivity contribution < 1.29 is 9.21 Å². The Hall–Kier alpha value is -1.50. The maximum atomic E-state index is 12.3. The molecule has 4 nitrogen and oxygen atoms in total. The van der Waals surface area contributed by atoms with Gasteiger partial charge in [0.1, 0.15) is 0 Å². The predicted octanol–water partition coefficient (Wildman–Crippen LogP) is 2.85. The van der Waals surface area contributed by atoms with E-state index in [0.29, 0.717) is 5.76 Å². The van der Waals surface area contributed by atoms with Crippen molar-refractivity contribution in [1.82, 2.24) is 4.90 Å². The van der Waals surface area contributed by atoms with Crippen LogP contribution in [-0.2, 0) is 0 Å². The van der Waals surface area contributed by atoms with Crippen molar-refractivity contribution in [2.24, 2.45) is 0 Å². The number of carbonyl (C=O) groups is 1. The van der Waals surface area contributed by atoms with Gasteiger partial charge in [0.2, 0.25) is 0 Å². The average Bonchev–Trinajstić information content (AvgIpc) is 2.94. The van der Waals surface area contributed by atoms with Crippen LogP contribution in [0.4, 0.5) is 5.69 Å². The zero-order chi connectivity index (χ0) is 13.9. The molecule has 2 aromatic rings. The third kappa shape index (κ3) is 2.82. The summed E-state index contributed by atoms with van der Waals surface area (Å²) < 4.78 is 6.14. The van der Waals surface area contributed by atoms with Crippen LogP contribution >= 0.6 is 22.6 Å². The van der Waals surface area contributed by atoms with Crippen molar-refractivity contribution in [2.75, 3.05) is 31.1 Å². The first-order chi connectivity index (χ1) is 9.74. The topological polar surface area (TPSA) is 36.7 Å². The molecule has 3 rings (SSSR count). The summed E-state index contributed by atoms with van der Waals surface area (Å²) in [5, 5.41) is 0. The van der Waals surface area contributed by atoms with E-state index >= 15 is 0 Å². The molecule has 2 heterocycles. The summed E-state index contributed by atoms with van der Waals surface area (Å²) in [5.74, 6) is 0.420. The van der Waals surface area contributed by atoms with Crippen molar-refractivity contribution in [3.05, 3.63) is 52.0 Å². The van der Waals surface area contributed by atoms with Gasteiger partial charge in [-0.15, -0.1) is 0 Å². The van der Waals surface area contributed by atoms with Gasteiger partial charge in [0, 0.05) is 31.9 Å². The number of amides is 1. The molecule has 0 saturated carbocycles. The van der Waals surface area contributed by atoms with Crippen molar-refractivity contribution in [3.63, 3.8) is 0 Å². The second-order valence-corrected chi connectivity index (χ2v) is 5.78. The largest absolute Gasteiger partial charge is 0.445 e. The van der Waals surface area contributed by atoms with Gasteiger partial charge in [-0.05, 0) is 46.9 Å². The average molecular weight is 382 g/mol. The highest BCUT2D eigenvalue weighted by Gasteiger charge is 2.24. The second kappa shape index (κ2) is 5.87. The fraction of sp³-hybridized carbons (Fsp3) is 0.267. The molecule has 0 radical (unpaired) electrons. The molecule has 1 amide bonds. The van der Waals surface area contributed by atoms with Gasteiger partial charge in [-0.25, -0.2) is 0 Å². The van der Waals surface area contributed by atoms with Gasteiger partial charge in [-0.3, -0.25) is 4.79 Å². The van der Waals surface area contributed by atoms with E-state index in [1.54, 1.807) is 6.07 Å². The van der Waals surface area contributed by atoms with Crippen molar-refractivity contribution >= 4 is 34.2 Å². The minimum absolute atomic E-state index is 0.0133. The fourth-order valence-corrected chi connectivity index (χ4v) is 2.81. The number of halogens is 1. The van der Waals surface area contributed by atoms with E-state index < -0.39 is 0 Å². The summed E-state index contributed by atoms with van der Waals surface area (Å²) in [6.45, 7) is 3.16. The number of rotatable bonds is 2. The number of hydrogen-bond donors (Lipinski definition) is 0. The summed E-state index contributed by atoms with van der Waals surface area (Å²) in [5.41, 5.74) is 1.21. The molecular weight excluding hydrogens is 367 g/mol. The van der Waals surface area contributed by atoms with Crippen LogP contribution in [0, 0.1) is 3.77 Å². The molecule has 0 aliphatic carbocycles. The fourth-order valence-electron chi connectivity index (χ4n) is 2.39. The standard InChI is InChI=1S/C15H15IN2O2/c16-14-7-6-13(20-14)15(19)18-10-8-17(9-11-18)12-4-2-1-3-5-12/h1-7H,8-11H2. The Morgan fingerprint density at radius 3 is 2.30 bits per heavy atom. The van der Waals surface area contributed by atoms with Crippen LogP contribution in [-0.4, -0.2) is 37.0 Å². The number of piperazine rings is 1. The first kappa shape index (κ1) is 13.5. The Balaban J connectivity index is 1.63. The minimum Gasteiger partial charge on any atom is -0.445 e. The van der Waals surface area contributed by atoms with Crippen LogP contribution in [0.1, 0.15) is 10.6 Å². The summed E-state index contributed by atoms with van der Waals surface area (Å²) in [4.78, 5) is 16.4. The van der Waals surface area contributed by atoms with E-state index in [2.05, 4.69) is 39.6 Å². The van der Waals surface area contributed by atoms with Gasteiger partial charge < -0.3 is 14.2 Å². The molecule has 0 spiro atoms. The molecule has 1 aromatic heterocycles. The first-order valence-corrected chi connectivity index (χ1v) is 7.66. The third-order valence-electron chi connectivity index (χ3n) is 3.47. The lowest BCUT2D eigenvalue weighted by Crippen LogP contribution is -2.48. The minimum atomic E-state index is -0.0133. The lowest BCUT2D eigenvalue weighted by Gasteiger charge is -2.35. The Morgan fingerprint density at radius 1 is 1.00 bits per heavy atom. The number of benzene rings is 1. The third-order valence-corrected chi connectivity index (χ3v) is 4.05. The Kier molecular flexibility index (Phi) is 3.95. The second-order valence-electron chi connectivity index (χ2n) is 4.72. The maximum absolute atomic E-state index is 12.3. The number of anilines is 1. The van der Waals surface area contributed by atoms with Gasteiger partial charge >= 0.3 is 0 Å². The molecule has 0 N–H and O–H groups in total. The molecule has 0 unspecified atom stereocenters. The van der Waals surface area contributed by atoms with Gasteiger partial charge in [-0.1, -0.05) is 18.2 Å². The number of para-hydroxylation sites is 1. The van der Waals surface area contributed by atoms with E-state index in [0.717, 1.165) is 29.9 Å². The lowest BCUT2D eigenvalue weighted by atomic mass is 10.2. The molecule has 20 heavy (non-hydrogen) atoms. The normalized spacial score (nSPS) is 15.4. The monoisotopic (exact) mass is 382 g/mol. The number of carbonyl (C=O) groups excluding carboxylic acids is 1. The van der Waals surface area contributed by atoms with Gasteiger partial charge in [0.15, 0.2) is 9.53 Å². The smallest absolute Gasteiger partial charge is 0.289 e. The van der Waals surface area contributed by atoms with E-state index in [-0.39, 0.29) is 5.91 Å². The van der Waals surface area contributed by atoms with Crippen LogP contribution in [0.5, 0.6) is 0 Å². The highest BCUT2D eigenvalue weighted by molar-refractivity contribution is 14.1. The van der Waals surface area contributed by atoms with Gasteiger partial charge in [0.25, 0.3) is 5.91 Å². The number of furan rings is 1. The first-order valence-electron chi connectivity index (χ1n) is 6.58. The van der Waals surface area contributed by atoms with E-state index in [4.69, 9.17) is 4.42 Å². The van der Waals surface area contributed by atoms with E-state index in [9.17, 15) is 4.79 Å². The highest BCUT2D eigenvalue weighted by atomic mass is 127. The SMILES string of the molecule is O=C(c1ccc(I)o1)N1CCN(c2ccccc2)CC1. The molecule has 1 aliphatic rings. The number of hydrogen-bond acceptors (Lipinski definition) is 3. The molecule has 1 fully saturated rings. The highest BCUT2D eigenvalue weighted by Crippen LogP contribution is 2.18. The number of nitrogens with zero attached hydrogens (tertiary/aromatic N) is 2. The van der Waals surface area contributed by atoms with Crippen LogP contribution < -0.4 is 4.90 Å². The van der Waals surface area contributed by atoms with Crippen LogP contribution in [0.15, 0.2) is 46.9 Å². The summed E-state index contributed by atoms with van der Waals surface area (Å²) >= 11 is 2.07. The summed E-state index contributed by atoms with van der Waals surface area (Å²) in [6, 6.07) is 13.9. The molecule has 0 bridgehead atoms. The molecule has 104 valence electrons. The van der Waals surface area contributed by atoms with Crippen molar-refractivity contribution in [1.29, 1.82) is 0 Å². The molecule has 0 atom stereocenters. The molecule has 1 saturated heterocycles. The van der Waals surface area contributed by atoms with Gasteiger partial charge in [0.05, 0.1) is 0 Å². The molecule has 5 heteroatoms. The van der Waals surface area contributed by atoms with Gasteiger partial charge in [-0.2, -0.15) is 0 Å². The predicted molar refractivity (Wildman–Crippen MR) is 86.0 cm³/mol.